The molecule has 2 aromatic carbocycles. The van der Waals surface area contributed by atoms with Gasteiger partial charge < -0.3 is 4.90 Å². The van der Waals surface area contributed by atoms with Crippen LogP contribution in [0, 0.1) is 5.92 Å². The van der Waals surface area contributed by atoms with Gasteiger partial charge >= 0.3 is 0 Å². The van der Waals surface area contributed by atoms with E-state index in [0.717, 1.165) is 43.6 Å². The zero-order valence-electron chi connectivity index (χ0n) is 13.6. The first-order valence-electron chi connectivity index (χ1n) is 8.52. The van der Waals surface area contributed by atoms with Gasteiger partial charge in [-0.3, -0.25) is 0 Å². The van der Waals surface area contributed by atoms with E-state index in [4.69, 9.17) is 0 Å². The van der Waals surface area contributed by atoms with Gasteiger partial charge in [0.1, 0.15) is 0 Å². The summed E-state index contributed by atoms with van der Waals surface area (Å²) in [5, 5.41) is 0. The molecule has 1 unspecified atom stereocenters. The lowest BCUT2D eigenvalue weighted by atomic mass is 9.85. The van der Waals surface area contributed by atoms with E-state index in [-0.39, 0.29) is 6.04 Å². The van der Waals surface area contributed by atoms with E-state index in [1.807, 2.05) is 42.5 Å². The number of fused-ring (bicyclic) bond motifs is 3. The highest BCUT2D eigenvalue weighted by molar-refractivity contribution is 7.89. The maximum Gasteiger partial charge on any atom is 0.240 e. The third-order valence-corrected chi connectivity index (χ3v) is 6.74. The minimum Gasteiger partial charge on any atom is -0.302 e. The Morgan fingerprint density at radius 2 is 1.50 bits per heavy atom. The van der Waals surface area contributed by atoms with Gasteiger partial charge in [-0.15, -0.1) is 0 Å². The second-order valence-corrected chi connectivity index (χ2v) is 8.47. The summed E-state index contributed by atoms with van der Waals surface area (Å²) in [5.41, 5.74) is 2.11. The third-order valence-electron chi connectivity index (χ3n) is 5.23. The van der Waals surface area contributed by atoms with Gasteiger partial charge in [-0.05, 0) is 55.1 Å². The molecule has 3 saturated heterocycles. The summed E-state index contributed by atoms with van der Waals surface area (Å²) in [6, 6.07) is 17.2. The minimum absolute atomic E-state index is 0.0475. The number of benzene rings is 2. The molecule has 5 rings (SSSR count). The van der Waals surface area contributed by atoms with Crippen molar-refractivity contribution in [3.05, 3.63) is 54.6 Å². The molecule has 3 aliphatic heterocycles. The number of piperidine rings is 3. The zero-order chi connectivity index (χ0) is 16.6. The molecule has 0 spiro atoms. The van der Waals surface area contributed by atoms with Crippen LogP contribution in [0.4, 0.5) is 0 Å². The monoisotopic (exact) mass is 342 g/mol. The predicted molar refractivity (Wildman–Crippen MR) is 95.2 cm³/mol. The van der Waals surface area contributed by atoms with E-state index < -0.39 is 10.0 Å². The van der Waals surface area contributed by atoms with Gasteiger partial charge in [-0.1, -0.05) is 42.5 Å². The van der Waals surface area contributed by atoms with Gasteiger partial charge in [0.05, 0.1) is 4.90 Å². The Morgan fingerprint density at radius 3 is 2.08 bits per heavy atom. The maximum atomic E-state index is 12.7. The Labute approximate surface area is 143 Å². The summed E-state index contributed by atoms with van der Waals surface area (Å²) in [6.07, 6.45) is 2.19. The van der Waals surface area contributed by atoms with Crippen LogP contribution in [0.25, 0.3) is 11.1 Å². The smallest absolute Gasteiger partial charge is 0.240 e. The van der Waals surface area contributed by atoms with Gasteiger partial charge in [-0.2, -0.15) is 0 Å². The average molecular weight is 342 g/mol. The number of hydrogen-bond donors (Lipinski definition) is 1. The number of hydrogen-bond acceptors (Lipinski definition) is 3. The van der Waals surface area contributed by atoms with Crippen LogP contribution in [0.15, 0.2) is 59.5 Å². The van der Waals surface area contributed by atoms with Crippen LogP contribution in [0.1, 0.15) is 12.8 Å². The second-order valence-electron chi connectivity index (χ2n) is 6.76. The van der Waals surface area contributed by atoms with Crippen molar-refractivity contribution in [2.24, 2.45) is 5.92 Å². The van der Waals surface area contributed by atoms with Crippen molar-refractivity contribution in [3.8, 4) is 11.1 Å². The fourth-order valence-electron chi connectivity index (χ4n) is 3.82. The summed E-state index contributed by atoms with van der Waals surface area (Å²) in [4.78, 5) is 2.70. The lowest BCUT2D eigenvalue weighted by Crippen LogP contribution is -2.57. The van der Waals surface area contributed by atoms with Gasteiger partial charge in [0.25, 0.3) is 0 Å². The molecule has 126 valence electrons. The molecule has 3 aliphatic rings. The van der Waals surface area contributed by atoms with Crippen molar-refractivity contribution in [2.75, 3.05) is 19.6 Å². The molecule has 0 aliphatic carbocycles. The van der Waals surface area contributed by atoms with Crippen LogP contribution >= 0.6 is 0 Å². The van der Waals surface area contributed by atoms with Crippen molar-refractivity contribution in [2.45, 2.75) is 23.8 Å². The minimum atomic E-state index is -3.46. The number of rotatable bonds is 4. The molecule has 1 atom stereocenters. The molecule has 1 N–H and O–H groups in total. The summed E-state index contributed by atoms with van der Waals surface area (Å²) in [6.45, 7) is 3.05. The highest BCUT2D eigenvalue weighted by atomic mass is 32.2. The second kappa shape index (κ2) is 6.31. The van der Waals surface area contributed by atoms with E-state index in [2.05, 4.69) is 9.62 Å². The molecule has 0 saturated carbocycles. The highest BCUT2D eigenvalue weighted by Crippen LogP contribution is 2.29. The first-order valence-corrected chi connectivity index (χ1v) is 10.0. The number of nitrogens with one attached hydrogen (secondary N) is 1. The fourth-order valence-corrected chi connectivity index (χ4v) is 5.12. The molecule has 3 fully saturated rings. The molecule has 2 aromatic rings. The first-order chi connectivity index (χ1) is 11.6. The van der Waals surface area contributed by atoms with Gasteiger partial charge in [-0.25, -0.2) is 13.1 Å². The van der Waals surface area contributed by atoms with Crippen molar-refractivity contribution in [1.82, 2.24) is 9.62 Å². The van der Waals surface area contributed by atoms with Crippen molar-refractivity contribution < 1.29 is 8.42 Å². The van der Waals surface area contributed by atoms with Crippen LogP contribution in [-0.2, 0) is 10.0 Å². The van der Waals surface area contributed by atoms with Gasteiger partial charge in [0, 0.05) is 12.6 Å². The average Bonchev–Trinajstić information content (AvgIpc) is 2.63. The van der Waals surface area contributed by atoms with Crippen LogP contribution in [0.3, 0.4) is 0 Å². The number of nitrogens with zero attached hydrogens (tertiary/aromatic N) is 1. The first kappa shape index (κ1) is 15.8. The van der Waals surface area contributed by atoms with Crippen LogP contribution in [-0.4, -0.2) is 39.0 Å². The van der Waals surface area contributed by atoms with E-state index in [1.165, 1.54) is 0 Å². The SMILES string of the molecule is O=S(=O)(NC1CN2CCC1CC2)c1ccc(-c2ccccc2)cc1. The topological polar surface area (TPSA) is 49.4 Å². The third kappa shape index (κ3) is 3.11. The molecule has 4 nitrogen and oxygen atoms in total. The molecule has 0 amide bonds. The van der Waals surface area contributed by atoms with Crippen molar-refractivity contribution in [1.29, 1.82) is 0 Å². The summed E-state index contributed by atoms with van der Waals surface area (Å²) < 4.78 is 28.3. The van der Waals surface area contributed by atoms with Gasteiger partial charge in [0.15, 0.2) is 0 Å². The molecule has 24 heavy (non-hydrogen) atoms. The number of sulfonamides is 1. The van der Waals surface area contributed by atoms with Gasteiger partial charge in [0.2, 0.25) is 10.0 Å². The maximum absolute atomic E-state index is 12.7. The lowest BCUT2D eigenvalue weighted by molar-refractivity contribution is 0.0827. The normalized spacial score (nSPS) is 26.4. The van der Waals surface area contributed by atoms with E-state index in [1.54, 1.807) is 12.1 Å². The molecule has 3 heterocycles. The van der Waals surface area contributed by atoms with Crippen LogP contribution < -0.4 is 4.72 Å². The zero-order valence-corrected chi connectivity index (χ0v) is 14.4. The Morgan fingerprint density at radius 1 is 0.875 bits per heavy atom. The summed E-state index contributed by atoms with van der Waals surface area (Å²) in [7, 11) is -3.46. The molecular weight excluding hydrogens is 320 g/mol. The van der Waals surface area contributed by atoms with E-state index in [9.17, 15) is 8.42 Å². The fraction of sp³-hybridized carbons (Fsp3) is 0.368. The van der Waals surface area contributed by atoms with Crippen LogP contribution in [0.5, 0.6) is 0 Å². The van der Waals surface area contributed by atoms with Crippen LogP contribution in [0.2, 0.25) is 0 Å². The quantitative estimate of drug-likeness (QED) is 0.929. The van der Waals surface area contributed by atoms with Crippen molar-refractivity contribution in [3.63, 3.8) is 0 Å². The predicted octanol–water partition coefficient (Wildman–Crippen LogP) is 2.73. The molecule has 0 radical (unpaired) electrons. The van der Waals surface area contributed by atoms with E-state index in [0.29, 0.717) is 10.8 Å². The molecule has 0 aromatic heterocycles. The Balaban J connectivity index is 1.52. The Hall–Kier alpha value is -1.69. The highest BCUT2D eigenvalue weighted by Gasteiger charge is 2.36. The van der Waals surface area contributed by atoms with E-state index >= 15 is 0 Å². The standard InChI is InChI=1S/C19H22N2O2S/c22-24(23,20-19-14-21-12-10-17(19)11-13-21)18-8-6-16(7-9-18)15-4-2-1-3-5-15/h1-9,17,19-20H,10-14H2. The molecular formula is C19H22N2O2S. The Bertz CT molecular complexity index is 795. The lowest BCUT2D eigenvalue weighted by Gasteiger charge is -2.44. The van der Waals surface area contributed by atoms with Crippen molar-refractivity contribution >= 4 is 10.0 Å². The molecule has 2 bridgehead atoms. The Kier molecular flexibility index (Phi) is 4.16. The summed E-state index contributed by atoms with van der Waals surface area (Å²) >= 11 is 0. The largest absolute Gasteiger partial charge is 0.302 e. The molecule has 5 heteroatoms. The summed E-state index contributed by atoms with van der Waals surface area (Å²) in [5.74, 6) is 0.480.